The average molecular weight is 2030 g/mol. The van der Waals surface area contributed by atoms with Crippen LogP contribution in [0.2, 0.25) is 0 Å². The van der Waals surface area contributed by atoms with Crippen LogP contribution in [0.3, 0.4) is 0 Å². The minimum atomic E-state index is -1.55. The van der Waals surface area contributed by atoms with Gasteiger partial charge in [0.05, 0.1) is 39.6 Å². The molecule has 8 aromatic rings. The molecule has 794 valence electrons. The Morgan fingerprint density at radius 2 is 0.747 bits per heavy atom. The summed E-state index contributed by atoms with van der Waals surface area (Å²) in [6.07, 6.45) is 7.12. The molecule has 146 heavy (non-hydrogen) atoms. The van der Waals surface area contributed by atoms with Crippen LogP contribution in [-0.2, 0) is 121 Å². The second-order valence-electron chi connectivity index (χ2n) is 40.0. The van der Waals surface area contributed by atoms with Gasteiger partial charge in [0.2, 0.25) is 101 Å². The lowest BCUT2D eigenvalue weighted by atomic mass is 9.97. The van der Waals surface area contributed by atoms with Gasteiger partial charge in [-0.2, -0.15) is 0 Å². The number of amides is 17. The fourth-order valence-electron chi connectivity index (χ4n) is 17.2. The zero-order chi connectivity index (χ0) is 107. The maximum Gasteiger partial charge on any atom is 0.245 e. The Morgan fingerprint density at radius 3 is 1.23 bits per heavy atom. The van der Waals surface area contributed by atoms with Crippen LogP contribution in [0.4, 0.5) is 0 Å². The molecule has 3 unspecified atom stereocenters. The van der Waals surface area contributed by atoms with E-state index in [9.17, 15) is 47.9 Å². The van der Waals surface area contributed by atoms with E-state index < -0.39 is 203 Å². The van der Waals surface area contributed by atoms with Crippen LogP contribution in [0.25, 0.3) is 43.6 Å². The minimum absolute atomic E-state index is 0.0382. The van der Waals surface area contributed by atoms with E-state index in [1.165, 1.54) is 13.8 Å². The predicted molar refractivity (Wildman–Crippen MR) is 550 cm³/mol. The molecule has 9 rings (SSSR count). The lowest BCUT2D eigenvalue weighted by Crippen LogP contribution is -2.62. The van der Waals surface area contributed by atoms with Gasteiger partial charge in [-0.25, -0.2) is 0 Å². The first-order valence-corrected chi connectivity index (χ1v) is 50.5. The topological polar surface area (TPSA) is 586 Å². The smallest absolute Gasteiger partial charge is 0.245 e. The summed E-state index contributed by atoms with van der Waals surface area (Å²) in [4.78, 5) is 257. The number of hydrogen-bond donors (Lipinski definition) is 21. The number of para-hydroxylation sites is 4. The Bertz CT molecular complexity index is 5780. The summed E-state index contributed by atoms with van der Waals surface area (Å²) in [5.41, 5.74) is 5.36. The van der Waals surface area contributed by atoms with Crippen LogP contribution in [0.1, 0.15) is 172 Å². The quantitative estimate of drug-likeness (QED) is 0.0243. The van der Waals surface area contributed by atoms with E-state index in [0.29, 0.717) is 44.9 Å². The maximum atomic E-state index is 15.9. The summed E-state index contributed by atoms with van der Waals surface area (Å²) in [5, 5.41) is 49.9. The van der Waals surface area contributed by atoms with Crippen LogP contribution in [0.15, 0.2) is 122 Å². The summed E-state index contributed by atoms with van der Waals surface area (Å²) < 4.78 is 17.0. The Hall–Kier alpha value is -14.1. The molecule has 21 N–H and O–H groups in total. The van der Waals surface area contributed by atoms with E-state index in [-0.39, 0.29) is 141 Å². The van der Waals surface area contributed by atoms with E-state index in [1.807, 2.05) is 113 Å². The number of fused-ring (bicyclic) bond motifs is 4. The molecule has 0 aliphatic carbocycles. The van der Waals surface area contributed by atoms with Crippen LogP contribution < -0.4 is 90.4 Å². The Morgan fingerprint density at radius 1 is 0.363 bits per heavy atom. The molecule has 0 radical (unpaired) electrons. The Kier molecular flexibility index (Phi) is 45.1. The number of aromatic nitrogens is 4. The van der Waals surface area contributed by atoms with Crippen molar-refractivity contribution in [2.24, 2.45) is 41.4 Å². The van der Waals surface area contributed by atoms with Gasteiger partial charge in [-0.15, -0.1) is 0 Å². The highest BCUT2D eigenvalue weighted by Gasteiger charge is 2.41. The molecule has 14 atom stereocenters. The zero-order valence-electron chi connectivity index (χ0n) is 86.3. The number of aromatic amines is 4. The third-order valence-electron chi connectivity index (χ3n) is 25.2. The zero-order valence-corrected chi connectivity index (χ0v) is 86.3. The molecular formula is C105H149N21O20. The van der Waals surface area contributed by atoms with Crippen molar-refractivity contribution in [1.82, 2.24) is 110 Å². The summed E-state index contributed by atoms with van der Waals surface area (Å²) >= 11 is 0. The molecule has 1 saturated heterocycles. The summed E-state index contributed by atoms with van der Waals surface area (Å²) in [6, 6.07) is 10.7. The van der Waals surface area contributed by atoms with Crippen molar-refractivity contribution in [3.05, 3.63) is 144 Å². The number of rotatable bonds is 42. The number of hydrogen-bond acceptors (Lipinski definition) is 20. The molecule has 4 aromatic heterocycles. The van der Waals surface area contributed by atoms with Crippen LogP contribution >= 0.6 is 0 Å². The lowest BCUT2D eigenvalue weighted by Gasteiger charge is -2.31. The fourth-order valence-corrected chi connectivity index (χ4v) is 17.2. The third kappa shape index (κ3) is 35.1. The molecule has 4 aromatic carbocycles. The number of carbonyl (C=O) groups is 17. The van der Waals surface area contributed by atoms with Crippen molar-refractivity contribution in [3.8, 4) is 0 Å². The van der Waals surface area contributed by atoms with E-state index in [4.69, 9.17) is 14.2 Å². The molecule has 41 heteroatoms. The summed E-state index contributed by atoms with van der Waals surface area (Å²) in [5.74, 6) is -15.1. The molecule has 1 aliphatic heterocycles. The van der Waals surface area contributed by atoms with E-state index in [1.54, 1.807) is 106 Å². The first-order chi connectivity index (χ1) is 69.6. The summed E-state index contributed by atoms with van der Waals surface area (Å²) in [6.45, 7) is 27.0. The highest BCUT2D eigenvalue weighted by molar-refractivity contribution is 6.02. The molecule has 1 fully saturated rings. The Balaban J connectivity index is 0.957. The molecule has 0 bridgehead atoms. The molecule has 17 amide bonds. The summed E-state index contributed by atoms with van der Waals surface area (Å²) in [7, 11) is 0. The number of ether oxygens (including phenoxy) is 3. The SMILES string of the molecule is CC(C)C[C@H]1NC(=O)C(Cc2c[nH]c3ccccc23)NC(=O)C(NC(=O)[C@H](Cc2c[nH]c3ccccc23)NC(=O)[C@@H](CC(C)C)NC(=O)[C@H](Cc2c[nH]c3ccccc23)NC(=O)[C@H](NC(=O)[C@@H](NC(=O)[C@H](NC(=O)[C@H](C)NC(=O)[C@@H](CC(C)C)NC(=O)[C@H](C)NC(=O)CNC(=O)[C@@H](NC=O)C(C)C)C(C)C)C(C)C)C(C)C)CCCCNC(=O)COCCOCCOCCNC(=O)C(Cc2c[nH]c3ccccc23)NC1=O. The average Bonchev–Trinajstić information content (AvgIpc) is 1.66. The van der Waals surface area contributed by atoms with Gasteiger partial charge in [0.1, 0.15) is 91.2 Å². The highest BCUT2D eigenvalue weighted by atomic mass is 16.5. The highest BCUT2D eigenvalue weighted by Crippen LogP contribution is 2.26. The van der Waals surface area contributed by atoms with E-state index >= 15 is 33.6 Å². The Labute approximate surface area is 850 Å². The van der Waals surface area contributed by atoms with Gasteiger partial charge in [0, 0.05) is 107 Å². The van der Waals surface area contributed by atoms with Crippen molar-refractivity contribution in [1.29, 1.82) is 0 Å². The monoisotopic (exact) mass is 2020 g/mol. The predicted octanol–water partition coefficient (Wildman–Crippen LogP) is 3.68. The van der Waals surface area contributed by atoms with Gasteiger partial charge >= 0.3 is 0 Å². The van der Waals surface area contributed by atoms with Crippen LogP contribution in [0.5, 0.6) is 0 Å². The van der Waals surface area contributed by atoms with Crippen molar-refractivity contribution in [2.75, 3.05) is 59.3 Å². The number of benzene rings is 4. The van der Waals surface area contributed by atoms with E-state index in [2.05, 4.69) is 110 Å². The first kappa shape index (κ1) is 115. The van der Waals surface area contributed by atoms with Gasteiger partial charge in [-0.05, 0) is 140 Å². The van der Waals surface area contributed by atoms with Gasteiger partial charge in [0.15, 0.2) is 0 Å². The molecule has 0 saturated carbocycles. The maximum absolute atomic E-state index is 15.9. The van der Waals surface area contributed by atoms with Crippen molar-refractivity contribution in [2.45, 2.75) is 260 Å². The van der Waals surface area contributed by atoms with Gasteiger partial charge in [-0.1, -0.05) is 170 Å². The molecule has 5 heterocycles. The molecular weight excluding hydrogens is 1880 g/mol. The molecule has 41 nitrogen and oxygen atoms in total. The second-order valence-corrected chi connectivity index (χ2v) is 40.0. The van der Waals surface area contributed by atoms with Gasteiger partial charge < -0.3 is 125 Å². The van der Waals surface area contributed by atoms with Crippen molar-refractivity contribution in [3.63, 3.8) is 0 Å². The molecule has 1 aliphatic rings. The standard InChI is InChI=1S/C105H149N21O20/c1-57(2)43-79(117-92(130)64(15)114-86(128)54-112-102(140)88(60(7)8)113-56-127)96(134)115-65(16)93(131)124-90(62(11)12)104(142)126-91(63(13)14)105(143)125-89(61(9)10)103(141)123-85(49-69-53-111-77-34-24-20-30-73(69)77)101(139)119-81(45-59(5)6)98(136)122-83(47-67-51-109-75-32-22-18-28-71(67)75)99(137)116-78-35-25-26-36-106-87(129)55-146-42-41-145-40-39-144-38-37-107-94(132)82(46-66-50-108-74-31-21-17-27-70(66)74)120-97(135)80(44-58(3)4)118-100(138)84(121-95(78)133)48-68-52-110-76-33-23-19-29-72(68)76/h17-24,27-34,50-53,56-65,78-85,88-91,108-111H,25-26,35-49,54-55H2,1-16H3,(H,106,129)(H,107,132)(H,112,140)(H,113,127)(H,114,128)(H,115,134)(H,116,137)(H,117,130)(H,118,138)(H,119,139)(H,120,135)(H,121,133)(H,122,136)(H,123,141)(H,124,131)(H,125,143)(H,126,142)/t64-,65-,78?,79+,80+,81+,82?,83-,84?,85-,88-,89+,90+,91-/m0/s1. The number of H-pyrrole nitrogens is 4. The second kappa shape index (κ2) is 57.0. The lowest BCUT2D eigenvalue weighted by molar-refractivity contribution is -0.137. The first-order valence-electron chi connectivity index (χ1n) is 50.5. The van der Waals surface area contributed by atoms with Crippen LogP contribution in [-0.4, -0.2) is 265 Å². The van der Waals surface area contributed by atoms with Gasteiger partial charge in [0.25, 0.3) is 0 Å². The van der Waals surface area contributed by atoms with E-state index in [0.717, 1.165) is 27.4 Å². The molecule has 0 spiro atoms. The number of nitrogens with one attached hydrogen (secondary N) is 21. The third-order valence-corrected chi connectivity index (χ3v) is 25.2. The normalized spacial score (nSPS) is 18.1. The minimum Gasteiger partial charge on any atom is -0.377 e. The van der Waals surface area contributed by atoms with Crippen molar-refractivity contribution >= 4 is 145 Å². The van der Waals surface area contributed by atoms with Crippen molar-refractivity contribution < 1.29 is 95.7 Å². The largest absolute Gasteiger partial charge is 0.377 e. The fraction of sp³-hybridized carbons (Fsp3) is 0.533. The van der Waals surface area contributed by atoms with Gasteiger partial charge in [-0.3, -0.25) is 81.5 Å². The van der Waals surface area contributed by atoms with Crippen LogP contribution in [0, 0.1) is 41.4 Å². The number of carbonyl (C=O) groups excluding carboxylic acids is 17.